The molecule has 0 aromatic heterocycles. The van der Waals surface area contributed by atoms with E-state index < -0.39 is 5.54 Å². The van der Waals surface area contributed by atoms with Gasteiger partial charge in [0.15, 0.2) is 0 Å². The maximum atomic E-state index is 12.5. The molecule has 6 heteroatoms. The van der Waals surface area contributed by atoms with Crippen LogP contribution in [0.3, 0.4) is 0 Å². The van der Waals surface area contributed by atoms with Crippen molar-refractivity contribution in [2.24, 2.45) is 5.73 Å². The Morgan fingerprint density at radius 3 is 2.64 bits per heavy atom. The Labute approximate surface area is 157 Å². The zero-order valence-corrected chi connectivity index (χ0v) is 16.1. The van der Waals surface area contributed by atoms with Gasteiger partial charge in [-0.05, 0) is 31.4 Å². The topological polar surface area (TPSA) is 73.6 Å². The number of benzene rings is 1. The van der Waals surface area contributed by atoms with E-state index in [2.05, 4.69) is 5.32 Å². The van der Waals surface area contributed by atoms with Crippen molar-refractivity contribution in [1.29, 1.82) is 0 Å². The Hall–Kier alpha value is -1.30. The molecule has 1 fully saturated rings. The van der Waals surface area contributed by atoms with Gasteiger partial charge in [-0.15, -0.1) is 12.4 Å². The molecule has 1 aliphatic carbocycles. The number of nitrogens with two attached hydrogens (primary N) is 1. The number of hydrogen-bond donors (Lipinski definition) is 2. The van der Waals surface area contributed by atoms with Crippen molar-refractivity contribution in [3.05, 3.63) is 29.3 Å². The quantitative estimate of drug-likeness (QED) is 0.689. The third kappa shape index (κ3) is 6.49. The zero-order valence-electron chi connectivity index (χ0n) is 15.3. The summed E-state index contributed by atoms with van der Waals surface area (Å²) in [4.78, 5) is 12.5. The number of carbonyl (C=O) groups is 1. The molecule has 142 valence electrons. The molecule has 0 aliphatic heterocycles. The average Bonchev–Trinajstić information content (AvgIpc) is 2.58. The van der Waals surface area contributed by atoms with E-state index in [9.17, 15) is 4.79 Å². The first kappa shape index (κ1) is 21.7. The van der Waals surface area contributed by atoms with E-state index in [0.29, 0.717) is 19.8 Å². The summed E-state index contributed by atoms with van der Waals surface area (Å²) in [6.07, 6.45) is 5.61. The molecule has 0 unspecified atom stereocenters. The van der Waals surface area contributed by atoms with Crippen LogP contribution in [-0.2, 0) is 16.1 Å². The molecular weight excluding hydrogens is 340 g/mol. The highest BCUT2D eigenvalue weighted by atomic mass is 35.5. The third-order valence-corrected chi connectivity index (χ3v) is 4.61. The smallest absolute Gasteiger partial charge is 0.240 e. The summed E-state index contributed by atoms with van der Waals surface area (Å²) in [5.41, 5.74) is 7.69. The second-order valence-electron chi connectivity index (χ2n) is 6.71. The summed E-state index contributed by atoms with van der Waals surface area (Å²) >= 11 is 0. The van der Waals surface area contributed by atoms with Crippen LogP contribution in [0.5, 0.6) is 5.75 Å². The molecule has 0 atom stereocenters. The lowest BCUT2D eigenvalue weighted by Gasteiger charge is -2.31. The van der Waals surface area contributed by atoms with Crippen LogP contribution in [0.2, 0.25) is 0 Å². The number of methoxy groups -OCH3 is 1. The molecule has 1 amide bonds. The van der Waals surface area contributed by atoms with E-state index in [1.54, 1.807) is 7.11 Å². The molecule has 3 N–H and O–H groups in total. The van der Waals surface area contributed by atoms with Crippen molar-refractivity contribution in [2.45, 2.75) is 57.5 Å². The van der Waals surface area contributed by atoms with Gasteiger partial charge >= 0.3 is 0 Å². The predicted octanol–water partition coefficient (Wildman–Crippen LogP) is 3.11. The molecule has 25 heavy (non-hydrogen) atoms. The first-order valence-electron chi connectivity index (χ1n) is 8.83. The summed E-state index contributed by atoms with van der Waals surface area (Å²) < 4.78 is 10.9. The summed E-state index contributed by atoms with van der Waals surface area (Å²) in [7, 11) is 1.68. The summed E-state index contributed by atoms with van der Waals surface area (Å²) in [6.45, 7) is 3.74. The number of ether oxygens (including phenoxy) is 2. The molecular formula is C19H31ClN2O3. The van der Waals surface area contributed by atoms with E-state index in [1.165, 1.54) is 6.42 Å². The number of rotatable bonds is 8. The molecule has 0 heterocycles. The Bertz CT molecular complexity index is 545. The average molecular weight is 371 g/mol. The van der Waals surface area contributed by atoms with Gasteiger partial charge in [0, 0.05) is 32.2 Å². The Kier molecular flexibility index (Phi) is 9.25. The highest BCUT2D eigenvalue weighted by molar-refractivity contribution is 5.86. The number of halogens is 1. The number of aryl methyl sites for hydroxylation is 1. The maximum absolute atomic E-state index is 12.5. The van der Waals surface area contributed by atoms with E-state index in [1.807, 2.05) is 25.1 Å². The van der Waals surface area contributed by atoms with Crippen molar-refractivity contribution in [1.82, 2.24) is 5.32 Å². The van der Waals surface area contributed by atoms with Crippen molar-refractivity contribution < 1.29 is 14.3 Å². The van der Waals surface area contributed by atoms with Gasteiger partial charge in [0.25, 0.3) is 0 Å². The van der Waals surface area contributed by atoms with Gasteiger partial charge in [0.05, 0.1) is 12.1 Å². The highest BCUT2D eigenvalue weighted by Gasteiger charge is 2.34. The Balaban J connectivity index is 0.00000312. The number of amides is 1. The van der Waals surface area contributed by atoms with Crippen LogP contribution in [0.25, 0.3) is 0 Å². The SMILES string of the molecule is COCCCOc1cc(C)ccc1CNC(=O)C1(N)CCCCC1.Cl. The van der Waals surface area contributed by atoms with Crippen LogP contribution < -0.4 is 15.8 Å². The van der Waals surface area contributed by atoms with Gasteiger partial charge in [-0.3, -0.25) is 4.79 Å². The molecule has 2 rings (SSSR count). The molecule has 1 aromatic carbocycles. The normalized spacial score (nSPS) is 16.0. The largest absolute Gasteiger partial charge is 0.493 e. The Morgan fingerprint density at radius 2 is 1.96 bits per heavy atom. The van der Waals surface area contributed by atoms with Crippen LogP contribution in [0, 0.1) is 6.92 Å². The third-order valence-electron chi connectivity index (χ3n) is 4.61. The lowest BCUT2D eigenvalue weighted by molar-refractivity contribution is -0.127. The van der Waals surface area contributed by atoms with E-state index in [4.69, 9.17) is 15.2 Å². The second kappa shape index (κ2) is 10.6. The van der Waals surface area contributed by atoms with E-state index >= 15 is 0 Å². The fraction of sp³-hybridized carbons (Fsp3) is 0.632. The van der Waals surface area contributed by atoms with Gasteiger partial charge in [-0.1, -0.05) is 31.4 Å². The van der Waals surface area contributed by atoms with Crippen LogP contribution in [0.1, 0.15) is 49.7 Å². The van der Waals surface area contributed by atoms with Gasteiger partial charge in [-0.2, -0.15) is 0 Å². The molecule has 5 nitrogen and oxygen atoms in total. The minimum Gasteiger partial charge on any atom is -0.493 e. The summed E-state index contributed by atoms with van der Waals surface area (Å²) in [5, 5.41) is 3.00. The highest BCUT2D eigenvalue weighted by Crippen LogP contribution is 2.26. The maximum Gasteiger partial charge on any atom is 0.240 e. The van der Waals surface area contributed by atoms with Crippen molar-refractivity contribution in [2.75, 3.05) is 20.3 Å². The lowest BCUT2D eigenvalue weighted by Crippen LogP contribution is -2.54. The fourth-order valence-electron chi connectivity index (χ4n) is 3.09. The lowest BCUT2D eigenvalue weighted by atomic mass is 9.82. The van der Waals surface area contributed by atoms with Crippen LogP contribution in [0.15, 0.2) is 18.2 Å². The van der Waals surface area contributed by atoms with Crippen molar-refractivity contribution in [3.8, 4) is 5.75 Å². The second-order valence-corrected chi connectivity index (χ2v) is 6.71. The van der Waals surface area contributed by atoms with Gasteiger partial charge < -0.3 is 20.5 Å². The molecule has 0 radical (unpaired) electrons. The van der Waals surface area contributed by atoms with Gasteiger partial charge in [0.1, 0.15) is 5.75 Å². The summed E-state index contributed by atoms with van der Waals surface area (Å²) in [5.74, 6) is 0.772. The molecule has 0 saturated heterocycles. The minimum absolute atomic E-state index is 0. The molecule has 1 aromatic rings. The van der Waals surface area contributed by atoms with E-state index in [0.717, 1.165) is 49.0 Å². The molecule has 0 spiro atoms. The van der Waals surface area contributed by atoms with Gasteiger partial charge in [-0.25, -0.2) is 0 Å². The fourth-order valence-corrected chi connectivity index (χ4v) is 3.09. The molecule has 0 bridgehead atoms. The predicted molar refractivity (Wildman–Crippen MR) is 102 cm³/mol. The van der Waals surface area contributed by atoms with E-state index in [-0.39, 0.29) is 18.3 Å². The zero-order chi connectivity index (χ0) is 17.4. The first-order chi connectivity index (χ1) is 11.5. The number of carbonyl (C=O) groups excluding carboxylic acids is 1. The molecule has 1 saturated carbocycles. The number of nitrogens with one attached hydrogen (secondary N) is 1. The molecule has 1 aliphatic rings. The number of hydrogen-bond acceptors (Lipinski definition) is 4. The first-order valence-corrected chi connectivity index (χ1v) is 8.83. The van der Waals surface area contributed by atoms with Crippen LogP contribution >= 0.6 is 12.4 Å². The van der Waals surface area contributed by atoms with Crippen LogP contribution in [-0.4, -0.2) is 31.8 Å². The van der Waals surface area contributed by atoms with Crippen molar-refractivity contribution >= 4 is 18.3 Å². The van der Waals surface area contributed by atoms with Gasteiger partial charge in [0.2, 0.25) is 5.91 Å². The standard InChI is InChI=1S/C19H30N2O3.ClH/c1-15-7-8-16(17(13-15)24-12-6-11-23-2)14-21-18(22)19(20)9-4-3-5-10-19;/h7-8,13H,3-6,9-12,14,20H2,1-2H3,(H,21,22);1H. The Morgan fingerprint density at radius 1 is 1.24 bits per heavy atom. The van der Waals surface area contributed by atoms with Crippen molar-refractivity contribution in [3.63, 3.8) is 0 Å². The minimum atomic E-state index is -0.706. The monoisotopic (exact) mass is 370 g/mol. The van der Waals surface area contributed by atoms with Crippen LogP contribution in [0.4, 0.5) is 0 Å². The summed E-state index contributed by atoms with van der Waals surface area (Å²) in [6, 6.07) is 6.04.